The summed E-state index contributed by atoms with van der Waals surface area (Å²) in [5.74, 6) is 0. The number of benzene rings is 1. The second kappa shape index (κ2) is 3.11. The Bertz CT molecular complexity index is 478. The summed E-state index contributed by atoms with van der Waals surface area (Å²) in [4.78, 5) is 3.25. The number of aromatic amines is 1. The van der Waals surface area contributed by atoms with Crippen molar-refractivity contribution in [2.24, 2.45) is 5.73 Å². The van der Waals surface area contributed by atoms with Crippen LogP contribution in [0, 0.1) is 0 Å². The third-order valence-electron chi connectivity index (χ3n) is 3.63. The molecule has 1 saturated carbocycles. The third-order valence-corrected chi connectivity index (χ3v) is 3.63. The third kappa shape index (κ3) is 1.29. The van der Waals surface area contributed by atoms with Gasteiger partial charge in [0.15, 0.2) is 0 Å². The molecule has 0 bridgehead atoms. The molecule has 1 heterocycles. The molecule has 3 N–H and O–H groups in total. The van der Waals surface area contributed by atoms with Crippen LogP contribution in [0.1, 0.15) is 31.2 Å². The first kappa shape index (κ1) is 8.98. The van der Waals surface area contributed by atoms with Crippen LogP contribution >= 0.6 is 0 Å². The SMILES string of the molecule is NC1(c2cccc3[nH]ccc23)CCCC1. The molecule has 1 aromatic heterocycles. The lowest BCUT2D eigenvalue weighted by Crippen LogP contribution is -2.33. The molecule has 0 atom stereocenters. The van der Waals surface area contributed by atoms with E-state index in [9.17, 15) is 0 Å². The number of fused-ring (bicyclic) bond motifs is 1. The molecule has 1 fully saturated rings. The fraction of sp³-hybridized carbons (Fsp3) is 0.385. The lowest BCUT2D eigenvalue weighted by molar-refractivity contribution is 0.466. The fourth-order valence-electron chi connectivity index (χ4n) is 2.79. The smallest absolute Gasteiger partial charge is 0.0457 e. The summed E-state index contributed by atoms with van der Waals surface area (Å²) in [6.45, 7) is 0. The molecule has 0 radical (unpaired) electrons. The van der Waals surface area contributed by atoms with Gasteiger partial charge in [0, 0.05) is 22.6 Å². The number of rotatable bonds is 1. The van der Waals surface area contributed by atoms with Crippen LogP contribution in [0.25, 0.3) is 10.9 Å². The Kier molecular flexibility index (Phi) is 1.86. The molecule has 0 unspecified atom stereocenters. The fourth-order valence-corrected chi connectivity index (χ4v) is 2.79. The van der Waals surface area contributed by atoms with Gasteiger partial charge in [-0.2, -0.15) is 0 Å². The Morgan fingerprint density at radius 2 is 1.93 bits per heavy atom. The lowest BCUT2D eigenvalue weighted by atomic mass is 9.87. The zero-order chi connectivity index (χ0) is 10.3. The van der Waals surface area contributed by atoms with E-state index in [2.05, 4.69) is 29.2 Å². The average molecular weight is 200 g/mol. The van der Waals surface area contributed by atoms with Gasteiger partial charge in [0.2, 0.25) is 0 Å². The minimum Gasteiger partial charge on any atom is -0.361 e. The van der Waals surface area contributed by atoms with Crippen molar-refractivity contribution in [1.29, 1.82) is 0 Å². The maximum absolute atomic E-state index is 6.49. The van der Waals surface area contributed by atoms with Crippen molar-refractivity contribution in [2.45, 2.75) is 31.2 Å². The Hall–Kier alpha value is -1.28. The predicted octanol–water partition coefficient (Wildman–Crippen LogP) is 2.90. The van der Waals surface area contributed by atoms with Gasteiger partial charge in [0.05, 0.1) is 0 Å². The van der Waals surface area contributed by atoms with E-state index in [0.29, 0.717) is 0 Å². The van der Waals surface area contributed by atoms with Gasteiger partial charge in [-0.1, -0.05) is 25.0 Å². The van der Waals surface area contributed by atoms with Crippen molar-refractivity contribution in [3.63, 3.8) is 0 Å². The zero-order valence-corrected chi connectivity index (χ0v) is 8.79. The molecular weight excluding hydrogens is 184 g/mol. The molecule has 0 aliphatic heterocycles. The Morgan fingerprint density at radius 3 is 2.73 bits per heavy atom. The van der Waals surface area contributed by atoms with Crippen LogP contribution in [0.5, 0.6) is 0 Å². The molecule has 1 aliphatic carbocycles. The highest BCUT2D eigenvalue weighted by Gasteiger charge is 2.32. The highest BCUT2D eigenvalue weighted by atomic mass is 14.8. The van der Waals surface area contributed by atoms with Crippen molar-refractivity contribution in [1.82, 2.24) is 4.98 Å². The average Bonchev–Trinajstić information content (AvgIpc) is 2.85. The van der Waals surface area contributed by atoms with Crippen LogP contribution in [0.2, 0.25) is 0 Å². The second-order valence-corrected chi connectivity index (χ2v) is 4.61. The standard InChI is InChI=1S/C13H16N2/c14-13(7-1-2-8-13)11-4-3-5-12-10(11)6-9-15-12/h3-6,9,15H,1-2,7-8,14H2. The van der Waals surface area contributed by atoms with Gasteiger partial charge < -0.3 is 10.7 Å². The molecule has 0 saturated heterocycles. The molecule has 0 spiro atoms. The Labute approximate surface area is 89.5 Å². The van der Waals surface area contributed by atoms with E-state index in [1.807, 2.05) is 6.20 Å². The molecule has 2 aromatic rings. The summed E-state index contributed by atoms with van der Waals surface area (Å²) in [6, 6.07) is 8.53. The Balaban J connectivity index is 2.21. The molecule has 1 aliphatic rings. The number of nitrogens with one attached hydrogen (secondary N) is 1. The highest BCUT2D eigenvalue weighted by molar-refractivity contribution is 5.84. The molecule has 15 heavy (non-hydrogen) atoms. The number of hydrogen-bond acceptors (Lipinski definition) is 1. The maximum atomic E-state index is 6.49. The second-order valence-electron chi connectivity index (χ2n) is 4.61. The van der Waals surface area contributed by atoms with E-state index in [-0.39, 0.29) is 5.54 Å². The monoisotopic (exact) mass is 200 g/mol. The van der Waals surface area contributed by atoms with Crippen molar-refractivity contribution < 1.29 is 0 Å². The van der Waals surface area contributed by atoms with Crippen molar-refractivity contribution in [3.8, 4) is 0 Å². The van der Waals surface area contributed by atoms with Gasteiger partial charge in [-0.15, -0.1) is 0 Å². The molecule has 2 heteroatoms. The van der Waals surface area contributed by atoms with Crippen molar-refractivity contribution in [3.05, 3.63) is 36.0 Å². The van der Waals surface area contributed by atoms with Crippen LogP contribution < -0.4 is 5.73 Å². The normalized spacial score (nSPS) is 19.8. The number of nitrogens with two attached hydrogens (primary N) is 1. The number of hydrogen-bond donors (Lipinski definition) is 2. The van der Waals surface area contributed by atoms with Crippen molar-refractivity contribution in [2.75, 3.05) is 0 Å². The molecule has 1 aromatic carbocycles. The van der Waals surface area contributed by atoms with E-state index in [0.717, 1.165) is 12.8 Å². The van der Waals surface area contributed by atoms with Crippen LogP contribution in [0.4, 0.5) is 0 Å². The first-order chi connectivity index (χ1) is 7.30. The first-order valence-corrected chi connectivity index (χ1v) is 5.65. The summed E-state index contributed by atoms with van der Waals surface area (Å²) in [5.41, 5.74) is 8.93. The van der Waals surface area contributed by atoms with Gasteiger partial charge in [-0.25, -0.2) is 0 Å². The molecule has 78 valence electrons. The number of H-pyrrole nitrogens is 1. The molecule has 2 nitrogen and oxygen atoms in total. The molecule has 0 amide bonds. The zero-order valence-electron chi connectivity index (χ0n) is 8.79. The summed E-state index contributed by atoms with van der Waals surface area (Å²) >= 11 is 0. The van der Waals surface area contributed by atoms with Crippen LogP contribution in [-0.2, 0) is 5.54 Å². The van der Waals surface area contributed by atoms with Crippen LogP contribution in [-0.4, -0.2) is 4.98 Å². The maximum Gasteiger partial charge on any atom is 0.0457 e. The summed E-state index contributed by atoms with van der Waals surface area (Å²) in [6.07, 6.45) is 6.76. The molecular formula is C13H16N2. The van der Waals surface area contributed by atoms with E-state index < -0.39 is 0 Å². The minimum atomic E-state index is -0.0816. The topological polar surface area (TPSA) is 41.8 Å². The quantitative estimate of drug-likeness (QED) is 0.730. The lowest BCUT2D eigenvalue weighted by Gasteiger charge is -2.25. The van der Waals surface area contributed by atoms with E-state index >= 15 is 0 Å². The summed E-state index contributed by atoms with van der Waals surface area (Å²) in [5, 5.41) is 1.29. The van der Waals surface area contributed by atoms with Crippen molar-refractivity contribution >= 4 is 10.9 Å². The highest BCUT2D eigenvalue weighted by Crippen LogP contribution is 2.39. The largest absolute Gasteiger partial charge is 0.361 e. The minimum absolute atomic E-state index is 0.0816. The van der Waals surface area contributed by atoms with E-state index in [4.69, 9.17) is 5.73 Å². The van der Waals surface area contributed by atoms with Crippen LogP contribution in [0.15, 0.2) is 30.5 Å². The van der Waals surface area contributed by atoms with E-state index in [1.54, 1.807) is 0 Å². The first-order valence-electron chi connectivity index (χ1n) is 5.65. The van der Waals surface area contributed by atoms with Gasteiger partial charge in [0.25, 0.3) is 0 Å². The van der Waals surface area contributed by atoms with Gasteiger partial charge in [-0.05, 0) is 30.5 Å². The van der Waals surface area contributed by atoms with Gasteiger partial charge in [-0.3, -0.25) is 0 Å². The van der Waals surface area contributed by atoms with E-state index in [1.165, 1.54) is 29.3 Å². The van der Waals surface area contributed by atoms with Crippen LogP contribution in [0.3, 0.4) is 0 Å². The number of aromatic nitrogens is 1. The molecule has 3 rings (SSSR count). The predicted molar refractivity (Wildman–Crippen MR) is 62.6 cm³/mol. The summed E-state index contributed by atoms with van der Waals surface area (Å²) < 4.78 is 0. The van der Waals surface area contributed by atoms with Gasteiger partial charge >= 0.3 is 0 Å². The Morgan fingerprint density at radius 1 is 1.13 bits per heavy atom. The van der Waals surface area contributed by atoms with Gasteiger partial charge in [0.1, 0.15) is 0 Å². The summed E-state index contributed by atoms with van der Waals surface area (Å²) in [7, 11) is 0.